The maximum absolute atomic E-state index is 14.1. The van der Waals surface area contributed by atoms with Crippen LogP contribution in [0.3, 0.4) is 0 Å². The molecule has 0 spiro atoms. The van der Waals surface area contributed by atoms with Gasteiger partial charge < -0.3 is 5.32 Å². The van der Waals surface area contributed by atoms with Crippen LogP contribution < -0.4 is 5.32 Å². The van der Waals surface area contributed by atoms with Gasteiger partial charge in [0.2, 0.25) is 0 Å². The molecule has 1 amide bonds. The van der Waals surface area contributed by atoms with Gasteiger partial charge in [-0.05, 0) is 24.3 Å². The standard InChI is InChI=1S/C21H11ClF4N8O/c22-15-7-12(9-28-19(15)34-29-4-5-30-34)32-20(35)14-10-31-33(18(14)21(24,25)26)17-3-1-2-16-13(17)6-11(23)8-27-16/h1-10H,(H,32,35). The fourth-order valence-electron chi connectivity index (χ4n) is 3.43. The Bertz CT molecular complexity index is 1570. The van der Waals surface area contributed by atoms with Crippen LogP contribution in [0, 0.1) is 5.82 Å². The van der Waals surface area contributed by atoms with Crippen LogP contribution in [0.2, 0.25) is 5.02 Å². The molecule has 14 heteroatoms. The molecule has 0 saturated heterocycles. The van der Waals surface area contributed by atoms with Crippen molar-refractivity contribution in [2.45, 2.75) is 6.18 Å². The van der Waals surface area contributed by atoms with Crippen molar-refractivity contribution in [1.82, 2.24) is 34.7 Å². The molecule has 0 aliphatic carbocycles. The number of hydrogen-bond donors (Lipinski definition) is 1. The van der Waals surface area contributed by atoms with Crippen LogP contribution in [0.1, 0.15) is 16.1 Å². The fraction of sp³-hybridized carbons (Fsp3) is 0.0476. The number of fused-ring (bicyclic) bond motifs is 1. The van der Waals surface area contributed by atoms with E-state index in [0.29, 0.717) is 4.68 Å². The number of halogens is 5. The molecule has 0 unspecified atom stereocenters. The quantitative estimate of drug-likeness (QED) is 0.364. The van der Waals surface area contributed by atoms with Crippen LogP contribution in [0.4, 0.5) is 23.2 Å². The summed E-state index contributed by atoms with van der Waals surface area (Å²) in [5.74, 6) is -1.67. The number of amides is 1. The van der Waals surface area contributed by atoms with Crippen molar-refractivity contribution in [3.05, 3.63) is 83.4 Å². The smallest absolute Gasteiger partial charge is 0.320 e. The van der Waals surface area contributed by atoms with Crippen molar-refractivity contribution < 1.29 is 22.4 Å². The minimum absolute atomic E-state index is 0.0354. The number of aromatic nitrogens is 7. The molecule has 0 fully saturated rings. The van der Waals surface area contributed by atoms with Gasteiger partial charge in [0.05, 0.1) is 58.5 Å². The highest BCUT2D eigenvalue weighted by molar-refractivity contribution is 6.32. The minimum atomic E-state index is -4.97. The summed E-state index contributed by atoms with van der Waals surface area (Å²) in [4.78, 5) is 21.9. The summed E-state index contributed by atoms with van der Waals surface area (Å²) in [6.07, 6.45) is 0.762. The van der Waals surface area contributed by atoms with E-state index < -0.39 is 29.2 Å². The highest BCUT2D eigenvalue weighted by atomic mass is 35.5. The Kier molecular flexibility index (Phi) is 5.40. The molecule has 9 nitrogen and oxygen atoms in total. The molecule has 4 aromatic heterocycles. The Hall–Kier alpha value is -4.39. The number of carbonyl (C=O) groups excluding carboxylic acids is 1. The highest BCUT2D eigenvalue weighted by Gasteiger charge is 2.41. The minimum Gasteiger partial charge on any atom is -0.320 e. The number of benzene rings is 1. The summed E-state index contributed by atoms with van der Waals surface area (Å²) < 4.78 is 56.6. The molecule has 4 heterocycles. The fourth-order valence-corrected chi connectivity index (χ4v) is 3.67. The van der Waals surface area contributed by atoms with E-state index in [4.69, 9.17) is 11.6 Å². The van der Waals surface area contributed by atoms with Crippen molar-refractivity contribution in [2.75, 3.05) is 5.32 Å². The Morgan fingerprint density at radius 1 is 1.00 bits per heavy atom. The second-order valence-electron chi connectivity index (χ2n) is 7.12. The van der Waals surface area contributed by atoms with Gasteiger partial charge in [0.15, 0.2) is 11.5 Å². The summed E-state index contributed by atoms with van der Waals surface area (Å²) in [5.41, 5.74) is -1.91. The predicted octanol–water partition coefficient (Wildman–Crippen LogP) is 4.46. The molecule has 1 N–H and O–H groups in total. The van der Waals surface area contributed by atoms with Gasteiger partial charge in [-0.2, -0.15) is 28.5 Å². The number of pyridine rings is 2. The summed E-state index contributed by atoms with van der Waals surface area (Å²) in [7, 11) is 0. The third-order valence-electron chi connectivity index (χ3n) is 4.87. The first kappa shape index (κ1) is 22.4. The van der Waals surface area contributed by atoms with Crippen molar-refractivity contribution in [3.8, 4) is 11.5 Å². The Labute approximate surface area is 198 Å². The first-order valence-electron chi connectivity index (χ1n) is 9.76. The van der Waals surface area contributed by atoms with Gasteiger partial charge in [-0.3, -0.25) is 9.78 Å². The summed E-state index contributed by atoms with van der Waals surface area (Å²) >= 11 is 6.16. The third-order valence-corrected chi connectivity index (χ3v) is 5.15. The van der Waals surface area contributed by atoms with E-state index >= 15 is 0 Å². The van der Waals surface area contributed by atoms with Gasteiger partial charge in [-0.25, -0.2) is 14.1 Å². The van der Waals surface area contributed by atoms with Gasteiger partial charge in [-0.15, -0.1) is 4.80 Å². The third kappa shape index (κ3) is 4.17. The highest BCUT2D eigenvalue weighted by Crippen LogP contribution is 2.35. The first-order valence-corrected chi connectivity index (χ1v) is 10.1. The number of alkyl halides is 3. The summed E-state index contributed by atoms with van der Waals surface area (Å²) in [6.45, 7) is 0. The lowest BCUT2D eigenvalue weighted by atomic mass is 10.1. The molecule has 0 atom stereocenters. The van der Waals surface area contributed by atoms with E-state index in [1.807, 2.05) is 0 Å². The number of carbonyl (C=O) groups is 1. The molecular formula is C21H11ClF4N8O. The van der Waals surface area contributed by atoms with Crippen molar-refractivity contribution in [2.24, 2.45) is 0 Å². The molecular weight excluding hydrogens is 492 g/mol. The molecule has 0 aliphatic heterocycles. The number of nitrogens with zero attached hydrogens (tertiary/aromatic N) is 7. The van der Waals surface area contributed by atoms with Gasteiger partial charge in [0.25, 0.3) is 5.91 Å². The van der Waals surface area contributed by atoms with E-state index in [2.05, 4.69) is 30.6 Å². The Morgan fingerprint density at radius 2 is 1.77 bits per heavy atom. The molecule has 0 saturated carbocycles. The van der Waals surface area contributed by atoms with Gasteiger partial charge >= 0.3 is 6.18 Å². The number of nitrogens with one attached hydrogen (secondary N) is 1. The lowest BCUT2D eigenvalue weighted by Gasteiger charge is -2.14. The number of hydrogen-bond acceptors (Lipinski definition) is 6. The van der Waals surface area contributed by atoms with Crippen LogP contribution in [0.25, 0.3) is 22.4 Å². The lowest BCUT2D eigenvalue weighted by Crippen LogP contribution is -2.21. The van der Waals surface area contributed by atoms with Crippen LogP contribution in [0.15, 0.2) is 61.3 Å². The Balaban J connectivity index is 1.54. The maximum atomic E-state index is 14.1. The van der Waals surface area contributed by atoms with Crippen molar-refractivity contribution in [3.63, 3.8) is 0 Å². The molecule has 35 heavy (non-hydrogen) atoms. The molecule has 0 aliphatic rings. The average molecular weight is 503 g/mol. The first-order chi connectivity index (χ1) is 16.7. The second kappa shape index (κ2) is 8.43. The lowest BCUT2D eigenvalue weighted by molar-refractivity contribution is -0.143. The number of rotatable bonds is 4. The van der Waals surface area contributed by atoms with E-state index in [-0.39, 0.29) is 33.1 Å². The zero-order valence-electron chi connectivity index (χ0n) is 17.2. The predicted molar refractivity (Wildman–Crippen MR) is 116 cm³/mol. The summed E-state index contributed by atoms with van der Waals surface area (Å²) in [6, 6.07) is 6.62. The molecule has 5 aromatic rings. The zero-order chi connectivity index (χ0) is 24.7. The summed E-state index contributed by atoms with van der Waals surface area (Å²) in [5, 5.41) is 14.0. The van der Waals surface area contributed by atoms with Crippen LogP contribution in [-0.2, 0) is 6.18 Å². The van der Waals surface area contributed by atoms with Crippen LogP contribution in [0.5, 0.6) is 0 Å². The number of anilines is 1. The zero-order valence-corrected chi connectivity index (χ0v) is 18.0. The maximum Gasteiger partial charge on any atom is 0.434 e. The van der Waals surface area contributed by atoms with Crippen molar-refractivity contribution in [1.29, 1.82) is 0 Å². The SMILES string of the molecule is O=C(Nc1cnc(-n2nccn2)c(Cl)c1)c1cnn(-c2cccc3ncc(F)cc23)c1C(F)(F)F. The van der Waals surface area contributed by atoms with Gasteiger partial charge in [-0.1, -0.05) is 17.7 Å². The van der Waals surface area contributed by atoms with Crippen molar-refractivity contribution >= 4 is 34.1 Å². The van der Waals surface area contributed by atoms with Crippen LogP contribution >= 0.6 is 11.6 Å². The van der Waals surface area contributed by atoms with Crippen LogP contribution in [-0.4, -0.2) is 40.6 Å². The van der Waals surface area contributed by atoms with E-state index in [0.717, 1.165) is 23.3 Å². The molecule has 0 bridgehead atoms. The molecule has 1 aromatic carbocycles. The van der Waals surface area contributed by atoms with E-state index in [1.165, 1.54) is 42.9 Å². The normalized spacial score (nSPS) is 11.7. The molecule has 5 rings (SSSR count). The van der Waals surface area contributed by atoms with E-state index in [1.54, 1.807) is 0 Å². The largest absolute Gasteiger partial charge is 0.434 e. The second-order valence-corrected chi connectivity index (χ2v) is 7.52. The van der Waals surface area contributed by atoms with Gasteiger partial charge in [0, 0.05) is 5.39 Å². The topological polar surface area (TPSA) is 103 Å². The van der Waals surface area contributed by atoms with E-state index in [9.17, 15) is 22.4 Å². The molecule has 0 radical (unpaired) electrons. The average Bonchev–Trinajstić information content (AvgIpc) is 3.49. The Morgan fingerprint density at radius 3 is 2.49 bits per heavy atom. The monoisotopic (exact) mass is 502 g/mol. The van der Waals surface area contributed by atoms with Gasteiger partial charge in [0.1, 0.15) is 5.82 Å². The molecule has 176 valence electrons.